The van der Waals surface area contributed by atoms with Gasteiger partial charge in [0.05, 0.1) is 18.3 Å². The van der Waals surface area contributed by atoms with Gasteiger partial charge in [0, 0.05) is 6.61 Å². The Balaban J connectivity index is 1.31. The van der Waals surface area contributed by atoms with Gasteiger partial charge in [-0.15, -0.1) is 6.58 Å². The molecule has 0 spiro atoms. The third kappa shape index (κ3) is 6.79. The lowest BCUT2D eigenvalue weighted by Gasteiger charge is -2.29. The highest BCUT2D eigenvalue weighted by molar-refractivity contribution is 5.90. The molecule has 4 nitrogen and oxygen atoms in total. The van der Waals surface area contributed by atoms with Crippen LogP contribution >= 0.6 is 0 Å². The molecule has 2 saturated carbocycles. The van der Waals surface area contributed by atoms with Crippen LogP contribution in [0.3, 0.4) is 0 Å². The van der Waals surface area contributed by atoms with E-state index in [1.54, 1.807) is 12.1 Å². The minimum atomic E-state index is -1.14. The smallest absolute Gasteiger partial charge is 0.341 e. The van der Waals surface area contributed by atoms with E-state index < -0.39 is 23.4 Å². The van der Waals surface area contributed by atoms with Crippen LogP contribution in [0.2, 0.25) is 0 Å². The summed E-state index contributed by atoms with van der Waals surface area (Å²) in [5.41, 5.74) is 0.826. The van der Waals surface area contributed by atoms with E-state index in [0.29, 0.717) is 50.9 Å². The van der Waals surface area contributed by atoms with Crippen molar-refractivity contribution in [1.29, 1.82) is 0 Å². The molecule has 0 heterocycles. The van der Waals surface area contributed by atoms with Gasteiger partial charge in [0.15, 0.2) is 23.2 Å². The van der Waals surface area contributed by atoms with Crippen LogP contribution in [0, 0.1) is 17.5 Å². The average molecular weight is 531 g/mol. The quantitative estimate of drug-likeness (QED) is 0.177. The number of rotatable bonds is 10. The molecule has 0 aliphatic heterocycles. The molecular weight excluding hydrogens is 493 g/mol. The van der Waals surface area contributed by atoms with Crippen LogP contribution in [0.4, 0.5) is 13.2 Å². The Bertz CT molecular complexity index is 1100. The van der Waals surface area contributed by atoms with E-state index in [9.17, 15) is 18.0 Å². The number of carbonyl (C=O) groups excluding carboxylic acids is 1. The van der Waals surface area contributed by atoms with E-state index in [1.807, 2.05) is 13.0 Å². The summed E-state index contributed by atoms with van der Waals surface area (Å²) in [7, 11) is 0. The maximum Gasteiger partial charge on any atom is 0.341 e. The van der Waals surface area contributed by atoms with Gasteiger partial charge in [-0.1, -0.05) is 18.2 Å². The molecular formula is C31H37F3O4. The van der Waals surface area contributed by atoms with Crippen molar-refractivity contribution in [3.8, 4) is 5.75 Å². The molecule has 0 saturated heterocycles. The van der Waals surface area contributed by atoms with Crippen molar-refractivity contribution in [1.82, 2.24) is 0 Å². The Morgan fingerprint density at radius 3 is 2.26 bits per heavy atom. The third-order valence-corrected chi connectivity index (χ3v) is 7.80. The zero-order valence-corrected chi connectivity index (χ0v) is 22.0. The predicted molar refractivity (Wildman–Crippen MR) is 140 cm³/mol. The zero-order valence-electron chi connectivity index (χ0n) is 22.0. The first-order chi connectivity index (χ1) is 18.4. The normalized spacial score (nSPS) is 23.6. The van der Waals surface area contributed by atoms with E-state index >= 15 is 0 Å². The number of carbonyl (C=O) groups is 1. The Morgan fingerprint density at radius 1 is 0.921 bits per heavy atom. The van der Waals surface area contributed by atoms with Gasteiger partial charge >= 0.3 is 5.97 Å². The highest BCUT2D eigenvalue weighted by atomic mass is 19.2. The third-order valence-electron chi connectivity index (χ3n) is 7.80. The van der Waals surface area contributed by atoms with Gasteiger partial charge < -0.3 is 14.2 Å². The first-order valence-corrected chi connectivity index (χ1v) is 13.7. The minimum absolute atomic E-state index is 0.0841. The minimum Gasteiger partial charge on any atom is -0.490 e. The molecule has 38 heavy (non-hydrogen) atoms. The van der Waals surface area contributed by atoms with Gasteiger partial charge in [0.2, 0.25) is 0 Å². The standard InChI is InChI=1S/C31H37F3O4/c1-3-5-18-37-28-17-10-22(19-27(28)32)20-6-13-24(14-7-20)38-31(35)26-16-15-25(29(33)30(26)34)21-8-11-23(12-9-21)36-4-2/h3,10,15-17,19-21,23-24H,1,4-9,11-14,18H2,2H3. The summed E-state index contributed by atoms with van der Waals surface area (Å²) in [6.45, 7) is 6.60. The van der Waals surface area contributed by atoms with Crippen LogP contribution in [-0.4, -0.2) is 31.4 Å². The fourth-order valence-electron chi connectivity index (χ4n) is 5.68. The van der Waals surface area contributed by atoms with Crippen molar-refractivity contribution in [2.75, 3.05) is 13.2 Å². The van der Waals surface area contributed by atoms with Crippen LogP contribution in [0.25, 0.3) is 0 Å². The van der Waals surface area contributed by atoms with Crippen LogP contribution in [0.1, 0.15) is 98.0 Å². The number of hydrogen-bond donors (Lipinski definition) is 0. The molecule has 0 N–H and O–H groups in total. The van der Waals surface area contributed by atoms with Gasteiger partial charge in [-0.3, -0.25) is 0 Å². The summed E-state index contributed by atoms with van der Waals surface area (Å²) in [4.78, 5) is 12.7. The number of halogens is 3. The largest absolute Gasteiger partial charge is 0.490 e. The maximum absolute atomic E-state index is 15.0. The van der Waals surface area contributed by atoms with Crippen molar-refractivity contribution in [2.45, 2.75) is 88.8 Å². The average Bonchev–Trinajstić information content (AvgIpc) is 2.92. The molecule has 0 radical (unpaired) electrons. The van der Waals surface area contributed by atoms with Gasteiger partial charge in [-0.2, -0.15) is 0 Å². The lowest BCUT2D eigenvalue weighted by atomic mass is 9.82. The van der Waals surface area contributed by atoms with E-state index in [4.69, 9.17) is 14.2 Å². The molecule has 206 valence electrons. The molecule has 0 aromatic heterocycles. The Labute approximate surface area is 223 Å². The van der Waals surface area contributed by atoms with Crippen LogP contribution in [0.5, 0.6) is 5.75 Å². The first-order valence-electron chi connectivity index (χ1n) is 13.7. The first kappa shape index (κ1) is 28.2. The number of ether oxygens (including phenoxy) is 3. The molecule has 2 aromatic rings. The van der Waals surface area contributed by atoms with E-state index in [1.165, 1.54) is 18.2 Å². The summed E-state index contributed by atoms with van der Waals surface area (Å²) >= 11 is 0. The van der Waals surface area contributed by atoms with Crippen molar-refractivity contribution in [3.63, 3.8) is 0 Å². The van der Waals surface area contributed by atoms with Crippen molar-refractivity contribution in [3.05, 3.63) is 77.1 Å². The van der Waals surface area contributed by atoms with Crippen LogP contribution in [-0.2, 0) is 9.47 Å². The molecule has 0 bridgehead atoms. The molecule has 2 aliphatic rings. The highest BCUT2D eigenvalue weighted by Gasteiger charge is 2.30. The van der Waals surface area contributed by atoms with E-state index in [2.05, 4.69) is 6.58 Å². The second-order valence-electron chi connectivity index (χ2n) is 10.3. The lowest BCUT2D eigenvalue weighted by Crippen LogP contribution is -2.25. The lowest BCUT2D eigenvalue weighted by molar-refractivity contribution is 0.0189. The topological polar surface area (TPSA) is 44.8 Å². The zero-order chi connectivity index (χ0) is 27.1. The fraction of sp³-hybridized carbons (Fsp3) is 0.516. The molecule has 0 unspecified atom stereocenters. The van der Waals surface area contributed by atoms with E-state index in [-0.39, 0.29) is 35.4 Å². The SMILES string of the molecule is C=CCCOc1ccc(C2CCC(OC(=O)c3ccc(C4CCC(OCC)CC4)c(F)c3F)CC2)cc1F. The van der Waals surface area contributed by atoms with Gasteiger partial charge in [-0.25, -0.2) is 18.0 Å². The predicted octanol–water partition coefficient (Wildman–Crippen LogP) is 8.00. The second kappa shape index (κ2) is 13.3. The molecule has 7 heteroatoms. The Morgan fingerprint density at radius 2 is 1.61 bits per heavy atom. The van der Waals surface area contributed by atoms with Crippen molar-refractivity contribution >= 4 is 5.97 Å². The van der Waals surface area contributed by atoms with Gasteiger partial charge in [-0.05, 0) is 106 Å². The Hall–Kier alpha value is -2.80. The summed E-state index contributed by atoms with van der Waals surface area (Å²) in [5.74, 6) is -3.07. The summed E-state index contributed by atoms with van der Waals surface area (Å²) in [6.07, 6.45) is 7.76. The van der Waals surface area contributed by atoms with Crippen LogP contribution < -0.4 is 4.74 Å². The second-order valence-corrected chi connectivity index (χ2v) is 10.3. The summed E-state index contributed by atoms with van der Waals surface area (Å²) in [5, 5.41) is 0. The summed E-state index contributed by atoms with van der Waals surface area (Å²) < 4.78 is 61.0. The molecule has 0 atom stereocenters. The van der Waals surface area contributed by atoms with Crippen molar-refractivity contribution < 1.29 is 32.2 Å². The molecule has 0 amide bonds. The van der Waals surface area contributed by atoms with Gasteiger partial charge in [0.1, 0.15) is 6.10 Å². The Kier molecular flexibility index (Phi) is 9.89. The van der Waals surface area contributed by atoms with Crippen molar-refractivity contribution in [2.24, 2.45) is 0 Å². The monoisotopic (exact) mass is 530 g/mol. The number of hydrogen-bond acceptors (Lipinski definition) is 4. The maximum atomic E-state index is 15.0. The molecule has 2 aliphatic carbocycles. The number of benzene rings is 2. The number of esters is 1. The van der Waals surface area contributed by atoms with E-state index in [0.717, 1.165) is 31.2 Å². The highest BCUT2D eigenvalue weighted by Crippen LogP contribution is 2.38. The van der Waals surface area contributed by atoms with Crippen LogP contribution in [0.15, 0.2) is 43.0 Å². The fourth-order valence-corrected chi connectivity index (χ4v) is 5.68. The molecule has 2 fully saturated rings. The summed E-state index contributed by atoms with van der Waals surface area (Å²) in [6, 6.07) is 7.88. The van der Waals surface area contributed by atoms with Gasteiger partial charge in [0.25, 0.3) is 0 Å². The molecule has 2 aromatic carbocycles. The molecule has 4 rings (SSSR count).